The van der Waals surface area contributed by atoms with Crippen molar-refractivity contribution in [3.63, 3.8) is 0 Å². The first-order valence-corrected chi connectivity index (χ1v) is 17.7. The number of nitrogens with zero attached hydrogens (tertiary/aromatic N) is 4. The molecular weight excluding hydrogens is 641 g/mol. The van der Waals surface area contributed by atoms with Crippen molar-refractivity contribution in [1.29, 1.82) is 0 Å². The third kappa shape index (κ3) is 5.88. The highest BCUT2D eigenvalue weighted by Gasteiger charge is 2.47. The molecule has 6 nitrogen and oxygen atoms in total. The molecule has 7 aromatic rings. The molecule has 0 atom stereocenters. The van der Waals surface area contributed by atoms with Crippen molar-refractivity contribution >= 4 is 11.4 Å². The SMILES string of the molecule is CCOc1ccccc1-c1nc(-c2ccccc2)c(-c2ccccc2)n1C1(c2ccccc2OCC)N=C(c2ccccc2)C(c2ccccc2)=N1. The van der Waals surface area contributed by atoms with E-state index in [0.29, 0.717) is 24.8 Å². The fourth-order valence-corrected chi connectivity index (χ4v) is 6.90. The highest BCUT2D eigenvalue weighted by Crippen LogP contribution is 2.49. The van der Waals surface area contributed by atoms with E-state index in [4.69, 9.17) is 24.4 Å². The Morgan fingerprint density at radius 2 is 0.923 bits per heavy atom. The van der Waals surface area contributed by atoms with Crippen LogP contribution in [0.15, 0.2) is 180 Å². The molecule has 8 rings (SSSR count). The van der Waals surface area contributed by atoms with Gasteiger partial charge < -0.3 is 9.47 Å². The molecule has 2 heterocycles. The van der Waals surface area contributed by atoms with Crippen molar-refractivity contribution in [3.8, 4) is 45.4 Å². The summed E-state index contributed by atoms with van der Waals surface area (Å²) >= 11 is 0. The van der Waals surface area contributed by atoms with Crippen LogP contribution in [-0.2, 0) is 5.79 Å². The van der Waals surface area contributed by atoms with Gasteiger partial charge in [-0.05, 0) is 38.1 Å². The van der Waals surface area contributed by atoms with Crippen LogP contribution in [-0.4, -0.2) is 34.2 Å². The number of hydrogen-bond donors (Lipinski definition) is 0. The van der Waals surface area contributed by atoms with Crippen molar-refractivity contribution in [3.05, 3.63) is 187 Å². The summed E-state index contributed by atoms with van der Waals surface area (Å²) in [6, 6.07) is 57.5. The zero-order chi connectivity index (χ0) is 35.3. The minimum absolute atomic E-state index is 0.475. The summed E-state index contributed by atoms with van der Waals surface area (Å²) in [5, 5.41) is 0. The van der Waals surface area contributed by atoms with Gasteiger partial charge in [0.05, 0.1) is 47.2 Å². The molecule has 0 unspecified atom stereocenters. The van der Waals surface area contributed by atoms with Crippen LogP contribution in [0.3, 0.4) is 0 Å². The molecule has 1 aliphatic rings. The highest BCUT2D eigenvalue weighted by molar-refractivity contribution is 6.54. The van der Waals surface area contributed by atoms with Gasteiger partial charge in [-0.15, -0.1) is 0 Å². The maximum atomic E-state index is 6.43. The second kappa shape index (κ2) is 14.4. The van der Waals surface area contributed by atoms with Gasteiger partial charge in [0.2, 0.25) is 0 Å². The molecule has 0 radical (unpaired) electrons. The molecule has 52 heavy (non-hydrogen) atoms. The standard InChI is InChI=1S/C46H38N4O2/c1-3-51-39-31-19-17-29-37(39)45-47-43(35-25-13-7-14-26-35)44(36-27-15-8-16-28-36)50(45)46(38-30-18-20-32-40(38)52-4-2)48-41(33-21-9-5-10-22-33)42(49-46)34-23-11-6-12-24-34/h5-32H,3-4H2,1-2H3. The lowest BCUT2D eigenvalue weighted by Crippen LogP contribution is -2.32. The Bertz CT molecular complexity index is 2310. The number of hydrogen-bond acceptors (Lipinski definition) is 5. The van der Waals surface area contributed by atoms with Crippen LogP contribution in [0.5, 0.6) is 11.5 Å². The lowest BCUT2D eigenvalue weighted by molar-refractivity contribution is 0.315. The Kier molecular flexibility index (Phi) is 9.03. The van der Waals surface area contributed by atoms with Crippen LogP contribution in [0.2, 0.25) is 0 Å². The monoisotopic (exact) mass is 678 g/mol. The van der Waals surface area contributed by atoms with Crippen molar-refractivity contribution in [2.24, 2.45) is 9.98 Å². The minimum Gasteiger partial charge on any atom is -0.493 e. The molecule has 1 aromatic heterocycles. The summed E-state index contributed by atoms with van der Waals surface area (Å²) in [5.74, 6) is 0.683. The second-order valence-electron chi connectivity index (χ2n) is 12.3. The van der Waals surface area contributed by atoms with Crippen LogP contribution >= 0.6 is 0 Å². The average Bonchev–Trinajstić information content (AvgIpc) is 3.81. The molecule has 0 saturated heterocycles. The van der Waals surface area contributed by atoms with Crippen LogP contribution in [0.25, 0.3) is 33.9 Å². The van der Waals surface area contributed by atoms with Gasteiger partial charge in [0.25, 0.3) is 5.79 Å². The fraction of sp³-hybridized carbons (Fsp3) is 0.109. The predicted molar refractivity (Wildman–Crippen MR) is 210 cm³/mol. The molecule has 0 bridgehead atoms. The number of para-hydroxylation sites is 2. The topological polar surface area (TPSA) is 61.0 Å². The average molecular weight is 679 g/mol. The quantitative estimate of drug-likeness (QED) is 0.137. The van der Waals surface area contributed by atoms with Gasteiger partial charge in [-0.25, -0.2) is 15.0 Å². The molecule has 0 spiro atoms. The van der Waals surface area contributed by atoms with Crippen molar-refractivity contribution in [2.45, 2.75) is 19.6 Å². The van der Waals surface area contributed by atoms with E-state index in [1.165, 1.54) is 0 Å². The highest BCUT2D eigenvalue weighted by atomic mass is 16.5. The van der Waals surface area contributed by atoms with Gasteiger partial charge in [-0.1, -0.05) is 146 Å². The van der Waals surface area contributed by atoms with Crippen LogP contribution < -0.4 is 9.47 Å². The summed E-state index contributed by atoms with van der Waals surface area (Å²) in [5.41, 5.74) is 8.71. The largest absolute Gasteiger partial charge is 0.493 e. The smallest absolute Gasteiger partial charge is 0.265 e. The molecule has 0 aliphatic carbocycles. The molecule has 0 fully saturated rings. The summed E-state index contributed by atoms with van der Waals surface area (Å²) in [6.45, 7) is 4.97. The van der Waals surface area contributed by atoms with E-state index in [-0.39, 0.29) is 0 Å². The van der Waals surface area contributed by atoms with E-state index >= 15 is 0 Å². The Morgan fingerprint density at radius 1 is 0.481 bits per heavy atom. The molecule has 254 valence electrons. The van der Waals surface area contributed by atoms with E-state index in [2.05, 4.69) is 77.4 Å². The summed E-state index contributed by atoms with van der Waals surface area (Å²) in [4.78, 5) is 17.2. The van der Waals surface area contributed by atoms with E-state index in [9.17, 15) is 0 Å². The molecular formula is C46H38N4O2. The maximum absolute atomic E-state index is 6.43. The predicted octanol–water partition coefficient (Wildman–Crippen LogP) is 10.3. The first-order valence-electron chi connectivity index (χ1n) is 17.7. The van der Waals surface area contributed by atoms with Gasteiger partial charge in [0.1, 0.15) is 17.3 Å². The van der Waals surface area contributed by atoms with Gasteiger partial charge >= 0.3 is 0 Å². The molecule has 6 heteroatoms. The number of aliphatic imine (C=N–C) groups is 2. The minimum atomic E-state index is -1.40. The van der Waals surface area contributed by atoms with Crippen LogP contribution in [0.1, 0.15) is 30.5 Å². The lowest BCUT2D eigenvalue weighted by atomic mass is 10.0. The molecule has 0 saturated carbocycles. The summed E-state index contributed by atoms with van der Waals surface area (Å²) in [6.07, 6.45) is 0. The van der Waals surface area contributed by atoms with Gasteiger partial charge in [0.15, 0.2) is 0 Å². The van der Waals surface area contributed by atoms with Gasteiger partial charge in [0, 0.05) is 22.3 Å². The Labute approximate surface area is 304 Å². The fourth-order valence-electron chi connectivity index (χ4n) is 6.90. The zero-order valence-electron chi connectivity index (χ0n) is 29.2. The molecule has 0 N–H and O–H groups in total. The van der Waals surface area contributed by atoms with Crippen LogP contribution in [0.4, 0.5) is 0 Å². The lowest BCUT2D eigenvalue weighted by Gasteiger charge is -2.31. The molecule has 0 amide bonds. The zero-order valence-corrected chi connectivity index (χ0v) is 29.2. The first kappa shape index (κ1) is 32.7. The van der Waals surface area contributed by atoms with Crippen molar-refractivity contribution < 1.29 is 9.47 Å². The second-order valence-corrected chi connectivity index (χ2v) is 12.3. The van der Waals surface area contributed by atoms with Crippen molar-refractivity contribution in [1.82, 2.24) is 9.55 Å². The molecule has 6 aromatic carbocycles. The summed E-state index contributed by atoms with van der Waals surface area (Å²) < 4.78 is 14.9. The summed E-state index contributed by atoms with van der Waals surface area (Å²) in [7, 11) is 0. The first-order chi connectivity index (χ1) is 25.7. The number of benzene rings is 6. The van der Waals surface area contributed by atoms with Gasteiger partial charge in [-0.2, -0.15) is 0 Å². The number of ether oxygens (including phenoxy) is 2. The van der Waals surface area contributed by atoms with Gasteiger partial charge in [-0.3, -0.25) is 4.57 Å². The Hall–Kier alpha value is -6.53. The van der Waals surface area contributed by atoms with Crippen LogP contribution in [0, 0.1) is 0 Å². The normalized spacial score (nSPS) is 13.3. The van der Waals surface area contributed by atoms with E-state index in [1.54, 1.807) is 0 Å². The van der Waals surface area contributed by atoms with E-state index in [0.717, 1.165) is 61.9 Å². The Morgan fingerprint density at radius 3 is 1.48 bits per heavy atom. The number of rotatable bonds is 11. The van der Waals surface area contributed by atoms with Crippen molar-refractivity contribution in [2.75, 3.05) is 13.2 Å². The molecule has 1 aliphatic heterocycles. The maximum Gasteiger partial charge on any atom is 0.265 e. The third-order valence-electron chi connectivity index (χ3n) is 9.11. The van der Waals surface area contributed by atoms with E-state index < -0.39 is 5.79 Å². The Balaban J connectivity index is 1.59. The third-order valence-corrected chi connectivity index (χ3v) is 9.11. The van der Waals surface area contributed by atoms with E-state index in [1.807, 2.05) is 111 Å². The number of imidazole rings is 1. The number of aromatic nitrogens is 2.